The molecule has 0 unspecified atom stereocenters. The number of hydrogen-bond donors (Lipinski definition) is 1. The molecular weight excluding hydrogens is 288 g/mol. The van der Waals surface area contributed by atoms with Gasteiger partial charge in [0, 0.05) is 78.5 Å². The Labute approximate surface area is 144 Å². The van der Waals surface area contributed by atoms with Crippen LogP contribution in [0.1, 0.15) is 0 Å². The SMILES string of the molecule is CN1CCNCCN(C)CCN(C)CCN(C)CCN(C)CC1. The van der Waals surface area contributed by atoms with Gasteiger partial charge < -0.3 is 29.8 Å². The van der Waals surface area contributed by atoms with Gasteiger partial charge in [0.2, 0.25) is 0 Å². The van der Waals surface area contributed by atoms with Crippen molar-refractivity contribution in [1.29, 1.82) is 0 Å². The average molecular weight is 329 g/mol. The van der Waals surface area contributed by atoms with E-state index in [1.54, 1.807) is 0 Å². The lowest BCUT2D eigenvalue weighted by atomic mass is 10.4. The molecule has 6 nitrogen and oxygen atoms in total. The van der Waals surface area contributed by atoms with E-state index >= 15 is 0 Å². The zero-order valence-electron chi connectivity index (χ0n) is 16.2. The molecule has 0 aromatic rings. The van der Waals surface area contributed by atoms with Crippen LogP contribution < -0.4 is 5.32 Å². The summed E-state index contributed by atoms with van der Waals surface area (Å²) in [5.41, 5.74) is 0. The summed E-state index contributed by atoms with van der Waals surface area (Å²) >= 11 is 0. The summed E-state index contributed by atoms with van der Waals surface area (Å²) in [6.07, 6.45) is 0. The summed E-state index contributed by atoms with van der Waals surface area (Å²) < 4.78 is 0. The minimum absolute atomic E-state index is 1.08. The van der Waals surface area contributed by atoms with E-state index in [1.165, 1.54) is 0 Å². The summed E-state index contributed by atoms with van der Waals surface area (Å²) in [4.78, 5) is 12.2. The smallest absolute Gasteiger partial charge is 0.0107 e. The van der Waals surface area contributed by atoms with Gasteiger partial charge in [-0.3, -0.25) is 0 Å². The highest BCUT2D eigenvalue weighted by Gasteiger charge is 2.07. The number of hydrogen-bond acceptors (Lipinski definition) is 6. The van der Waals surface area contributed by atoms with E-state index in [4.69, 9.17) is 0 Å². The van der Waals surface area contributed by atoms with Gasteiger partial charge in [-0.25, -0.2) is 0 Å². The Balaban J connectivity index is 2.40. The van der Waals surface area contributed by atoms with Gasteiger partial charge in [0.15, 0.2) is 0 Å². The minimum Gasteiger partial charge on any atom is -0.314 e. The van der Waals surface area contributed by atoms with Crippen LogP contribution in [-0.2, 0) is 0 Å². The third-order valence-corrected chi connectivity index (χ3v) is 4.79. The van der Waals surface area contributed by atoms with Crippen molar-refractivity contribution < 1.29 is 0 Å². The van der Waals surface area contributed by atoms with Crippen molar-refractivity contribution in [2.75, 3.05) is 114 Å². The van der Waals surface area contributed by atoms with Crippen molar-refractivity contribution in [3.8, 4) is 0 Å². The highest BCUT2D eigenvalue weighted by atomic mass is 15.2. The van der Waals surface area contributed by atoms with Gasteiger partial charge in [0.25, 0.3) is 0 Å². The Morgan fingerprint density at radius 1 is 0.391 bits per heavy atom. The molecule has 0 aliphatic carbocycles. The number of nitrogens with zero attached hydrogens (tertiary/aromatic N) is 5. The largest absolute Gasteiger partial charge is 0.314 e. The van der Waals surface area contributed by atoms with Crippen LogP contribution in [-0.4, -0.2) is 138 Å². The third kappa shape index (κ3) is 11.0. The molecule has 0 radical (unpaired) electrons. The Kier molecular flexibility index (Phi) is 11.0. The second kappa shape index (κ2) is 12.2. The van der Waals surface area contributed by atoms with Crippen molar-refractivity contribution in [2.24, 2.45) is 0 Å². The highest BCUT2D eigenvalue weighted by molar-refractivity contribution is 4.65. The van der Waals surface area contributed by atoms with E-state index in [-0.39, 0.29) is 0 Å². The van der Waals surface area contributed by atoms with E-state index in [9.17, 15) is 0 Å². The van der Waals surface area contributed by atoms with Crippen molar-refractivity contribution in [3.63, 3.8) is 0 Å². The predicted octanol–water partition coefficient (Wildman–Crippen LogP) is -0.751. The lowest BCUT2D eigenvalue weighted by Crippen LogP contribution is -2.41. The molecule has 0 bridgehead atoms. The van der Waals surface area contributed by atoms with Crippen molar-refractivity contribution in [3.05, 3.63) is 0 Å². The zero-order chi connectivity index (χ0) is 17.1. The quantitative estimate of drug-likeness (QED) is 0.629. The molecule has 0 amide bonds. The fraction of sp³-hybridized carbons (Fsp3) is 1.00. The second-order valence-electron chi connectivity index (χ2n) is 7.27. The zero-order valence-corrected chi connectivity index (χ0v) is 16.2. The molecule has 0 aromatic heterocycles. The summed E-state index contributed by atoms with van der Waals surface area (Å²) in [6.45, 7) is 13.6. The van der Waals surface area contributed by atoms with Gasteiger partial charge in [-0.1, -0.05) is 0 Å². The molecule has 0 aromatic carbocycles. The van der Waals surface area contributed by atoms with Crippen LogP contribution in [0.2, 0.25) is 0 Å². The molecule has 1 heterocycles. The van der Waals surface area contributed by atoms with Gasteiger partial charge in [0.05, 0.1) is 0 Å². The van der Waals surface area contributed by atoms with Crippen LogP contribution in [0.4, 0.5) is 0 Å². The van der Waals surface area contributed by atoms with Crippen molar-refractivity contribution in [1.82, 2.24) is 29.8 Å². The molecule has 1 aliphatic heterocycles. The average Bonchev–Trinajstić information content (AvgIpc) is 2.53. The Morgan fingerprint density at radius 3 is 0.870 bits per heavy atom. The summed E-state index contributed by atoms with van der Waals surface area (Å²) in [5, 5.41) is 3.56. The van der Waals surface area contributed by atoms with Crippen LogP contribution in [0.5, 0.6) is 0 Å². The van der Waals surface area contributed by atoms with E-state index in [0.29, 0.717) is 0 Å². The van der Waals surface area contributed by atoms with Crippen LogP contribution in [0.3, 0.4) is 0 Å². The van der Waals surface area contributed by atoms with Crippen LogP contribution in [0.25, 0.3) is 0 Å². The topological polar surface area (TPSA) is 28.2 Å². The number of nitrogens with one attached hydrogen (secondary N) is 1. The Hall–Kier alpha value is -0.240. The van der Waals surface area contributed by atoms with Crippen molar-refractivity contribution >= 4 is 0 Å². The maximum Gasteiger partial charge on any atom is 0.0107 e. The van der Waals surface area contributed by atoms with Gasteiger partial charge in [-0.2, -0.15) is 0 Å². The van der Waals surface area contributed by atoms with E-state index in [0.717, 1.165) is 78.5 Å². The summed E-state index contributed by atoms with van der Waals surface area (Å²) in [6, 6.07) is 0. The molecule has 0 spiro atoms. The lowest BCUT2D eigenvalue weighted by molar-refractivity contribution is 0.199. The number of rotatable bonds is 0. The van der Waals surface area contributed by atoms with Crippen LogP contribution in [0, 0.1) is 0 Å². The van der Waals surface area contributed by atoms with Gasteiger partial charge >= 0.3 is 0 Å². The van der Waals surface area contributed by atoms with Crippen LogP contribution in [0.15, 0.2) is 0 Å². The number of likely N-dealkylation sites (N-methyl/N-ethyl adjacent to an activating group) is 5. The first-order valence-corrected chi connectivity index (χ1v) is 9.11. The maximum absolute atomic E-state index is 3.56. The molecule has 0 atom stereocenters. The summed E-state index contributed by atoms with van der Waals surface area (Å²) in [5.74, 6) is 0. The van der Waals surface area contributed by atoms with E-state index in [2.05, 4.69) is 65.1 Å². The molecule has 23 heavy (non-hydrogen) atoms. The lowest BCUT2D eigenvalue weighted by Gasteiger charge is -2.27. The standard InChI is InChI=1S/C17H40N6/c1-19-8-6-18-7-9-20(2)11-13-22(4)15-17-23(5)16-14-21(3)12-10-19/h18H,6-17H2,1-5H3. The van der Waals surface area contributed by atoms with Gasteiger partial charge in [0.1, 0.15) is 0 Å². The molecule has 0 saturated carbocycles. The highest BCUT2D eigenvalue weighted by Crippen LogP contribution is 1.92. The molecule has 1 saturated heterocycles. The van der Waals surface area contributed by atoms with Crippen molar-refractivity contribution in [2.45, 2.75) is 0 Å². The normalized spacial score (nSPS) is 26.0. The van der Waals surface area contributed by atoms with E-state index < -0.39 is 0 Å². The summed E-state index contributed by atoms with van der Waals surface area (Å²) in [7, 11) is 11.2. The fourth-order valence-corrected chi connectivity index (χ4v) is 2.59. The molecule has 1 N–H and O–H groups in total. The van der Waals surface area contributed by atoms with Crippen LogP contribution >= 0.6 is 0 Å². The predicted molar refractivity (Wildman–Crippen MR) is 100 cm³/mol. The minimum atomic E-state index is 1.08. The fourth-order valence-electron chi connectivity index (χ4n) is 2.59. The molecule has 1 fully saturated rings. The first kappa shape index (κ1) is 20.8. The van der Waals surface area contributed by atoms with Gasteiger partial charge in [-0.15, -0.1) is 0 Å². The monoisotopic (exact) mass is 328 g/mol. The van der Waals surface area contributed by atoms with Gasteiger partial charge in [-0.05, 0) is 35.2 Å². The second-order valence-corrected chi connectivity index (χ2v) is 7.27. The molecule has 1 aliphatic rings. The Bertz CT molecular complexity index is 262. The molecule has 6 heteroatoms. The molecule has 138 valence electrons. The molecular formula is C17H40N6. The maximum atomic E-state index is 3.56. The molecule has 1 rings (SSSR count). The third-order valence-electron chi connectivity index (χ3n) is 4.79. The first-order chi connectivity index (χ1) is 11.0. The first-order valence-electron chi connectivity index (χ1n) is 9.11. The Morgan fingerprint density at radius 2 is 0.609 bits per heavy atom. The van der Waals surface area contributed by atoms with E-state index in [1.807, 2.05) is 0 Å².